The topological polar surface area (TPSA) is 56.8 Å². The molecule has 5 nitrogen and oxygen atoms in total. The van der Waals surface area contributed by atoms with Crippen molar-refractivity contribution in [3.05, 3.63) is 59.7 Å². The third-order valence-corrected chi connectivity index (χ3v) is 3.93. The fraction of sp³-hybridized carbons (Fsp3) is 0.409. The summed E-state index contributed by atoms with van der Waals surface area (Å²) in [7, 11) is 0. The fourth-order valence-electron chi connectivity index (χ4n) is 2.62. The molecule has 1 N–H and O–H groups in total. The predicted octanol–water partition coefficient (Wildman–Crippen LogP) is 3.75. The van der Waals surface area contributed by atoms with Crippen LogP contribution in [0.25, 0.3) is 0 Å². The molecule has 0 aromatic heterocycles. The van der Waals surface area contributed by atoms with Crippen molar-refractivity contribution in [1.82, 2.24) is 5.32 Å². The minimum Gasteiger partial charge on any atom is -0.490 e. The molecular weight excluding hydrogens is 342 g/mol. The van der Waals surface area contributed by atoms with Crippen LogP contribution in [0.15, 0.2) is 48.5 Å². The summed E-state index contributed by atoms with van der Waals surface area (Å²) in [6.07, 6.45) is 1.08. The summed E-state index contributed by atoms with van der Waals surface area (Å²) in [5, 5.41) is 2.89. The highest BCUT2D eigenvalue weighted by atomic mass is 16.5. The Morgan fingerprint density at radius 1 is 0.926 bits per heavy atom. The lowest BCUT2D eigenvalue weighted by Gasteiger charge is -2.12. The van der Waals surface area contributed by atoms with Gasteiger partial charge >= 0.3 is 0 Å². The van der Waals surface area contributed by atoms with Gasteiger partial charge in [0.2, 0.25) is 5.91 Å². The van der Waals surface area contributed by atoms with Gasteiger partial charge in [-0.05, 0) is 43.5 Å². The number of hydrogen-bond donors (Lipinski definition) is 1. The average molecular weight is 371 g/mol. The molecular formula is C22H29NO4. The van der Waals surface area contributed by atoms with Crippen molar-refractivity contribution in [3.8, 4) is 11.5 Å². The molecule has 0 aliphatic heterocycles. The van der Waals surface area contributed by atoms with E-state index in [2.05, 4.69) is 5.32 Å². The molecule has 0 saturated heterocycles. The number of carbonyl (C=O) groups is 1. The molecule has 0 unspecified atom stereocenters. The Kier molecular flexibility index (Phi) is 9.21. The normalized spacial score (nSPS) is 10.4. The van der Waals surface area contributed by atoms with E-state index in [1.165, 1.54) is 0 Å². The molecule has 2 aromatic carbocycles. The number of aryl methyl sites for hydroxylation is 1. The third kappa shape index (κ3) is 7.71. The van der Waals surface area contributed by atoms with Crippen LogP contribution in [0.5, 0.6) is 11.5 Å². The zero-order chi connectivity index (χ0) is 19.3. The molecule has 146 valence electrons. The lowest BCUT2D eigenvalue weighted by atomic mass is 10.1. The van der Waals surface area contributed by atoms with Gasteiger partial charge in [-0.3, -0.25) is 4.79 Å². The van der Waals surface area contributed by atoms with E-state index in [0.29, 0.717) is 45.8 Å². The van der Waals surface area contributed by atoms with Gasteiger partial charge in [0.05, 0.1) is 26.4 Å². The molecule has 0 fully saturated rings. The Hall–Kier alpha value is -2.53. The van der Waals surface area contributed by atoms with Crippen molar-refractivity contribution in [2.45, 2.75) is 33.3 Å². The first-order valence-electron chi connectivity index (χ1n) is 9.49. The number of carbonyl (C=O) groups excluding carboxylic acids is 1. The largest absolute Gasteiger partial charge is 0.490 e. The zero-order valence-electron chi connectivity index (χ0n) is 16.2. The molecule has 0 atom stereocenters. The van der Waals surface area contributed by atoms with Gasteiger partial charge in [0.25, 0.3) is 0 Å². The van der Waals surface area contributed by atoms with Gasteiger partial charge in [-0.25, -0.2) is 0 Å². The molecule has 0 radical (unpaired) electrons. The minimum atomic E-state index is 0.0187. The second-order valence-corrected chi connectivity index (χ2v) is 6.04. The van der Waals surface area contributed by atoms with Crippen LogP contribution in [0, 0.1) is 0 Å². The minimum absolute atomic E-state index is 0.0187. The quantitative estimate of drug-likeness (QED) is 0.577. The van der Waals surface area contributed by atoms with Crippen LogP contribution < -0.4 is 14.8 Å². The zero-order valence-corrected chi connectivity index (χ0v) is 16.2. The monoisotopic (exact) mass is 371 g/mol. The summed E-state index contributed by atoms with van der Waals surface area (Å²) in [6.45, 7) is 6.62. The summed E-state index contributed by atoms with van der Waals surface area (Å²) in [5.41, 5.74) is 2.18. The van der Waals surface area contributed by atoms with E-state index in [0.717, 1.165) is 22.6 Å². The van der Waals surface area contributed by atoms with Gasteiger partial charge < -0.3 is 19.5 Å². The van der Waals surface area contributed by atoms with Crippen molar-refractivity contribution in [2.75, 3.05) is 26.4 Å². The summed E-state index contributed by atoms with van der Waals surface area (Å²) >= 11 is 0. The maximum atomic E-state index is 12.0. The van der Waals surface area contributed by atoms with E-state index < -0.39 is 0 Å². The van der Waals surface area contributed by atoms with E-state index in [1.54, 1.807) is 0 Å². The molecule has 2 rings (SSSR count). The first-order valence-corrected chi connectivity index (χ1v) is 9.49. The highest BCUT2D eigenvalue weighted by molar-refractivity contribution is 5.76. The standard InChI is InChI=1S/C22H29NO4/c1-3-26-20-12-10-18(16-21(20)27-4-2)11-13-22(24)23-14-15-25-17-19-8-6-5-7-9-19/h5-10,12,16H,3-4,11,13-15,17H2,1-2H3,(H,23,24). The highest BCUT2D eigenvalue weighted by Crippen LogP contribution is 2.28. The van der Waals surface area contributed by atoms with E-state index in [-0.39, 0.29) is 5.91 Å². The highest BCUT2D eigenvalue weighted by Gasteiger charge is 2.08. The first-order chi connectivity index (χ1) is 13.2. The van der Waals surface area contributed by atoms with Gasteiger partial charge in [-0.15, -0.1) is 0 Å². The molecule has 1 amide bonds. The third-order valence-electron chi connectivity index (χ3n) is 3.93. The Morgan fingerprint density at radius 3 is 2.41 bits per heavy atom. The van der Waals surface area contributed by atoms with Gasteiger partial charge in [-0.2, -0.15) is 0 Å². The van der Waals surface area contributed by atoms with Gasteiger partial charge in [0.1, 0.15) is 0 Å². The van der Waals surface area contributed by atoms with Gasteiger partial charge in [-0.1, -0.05) is 36.4 Å². The maximum Gasteiger partial charge on any atom is 0.220 e. The molecule has 5 heteroatoms. The second-order valence-electron chi connectivity index (χ2n) is 6.04. The van der Waals surface area contributed by atoms with E-state index in [1.807, 2.05) is 62.4 Å². The van der Waals surface area contributed by atoms with Crippen molar-refractivity contribution in [1.29, 1.82) is 0 Å². The second kappa shape index (κ2) is 12.0. The molecule has 0 aliphatic rings. The first kappa shape index (κ1) is 20.8. The van der Waals surface area contributed by atoms with Crippen molar-refractivity contribution < 1.29 is 19.0 Å². The number of amides is 1. The smallest absolute Gasteiger partial charge is 0.220 e. The van der Waals surface area contributed by atoms with Crippen molar-refractivity contribution in [3.63, 3.8) is 0 Å². The van der Waals surface area contributed by atoms with Gasteiger partial charge in [0.15, 0.2) is 11.5 Å². The van der Waals surface area contributed by atoms with Crippen molar-refractivity contribution >= 4 is 5.91 Å². The van der Waals surface area contributed by atoms with E-state index in [9.17, 15) is 4.79 Å². The van der Waals surface area contributed by atoms with Crippen molar-refractivity contribution in [2.24, 2.45) is 0 Å². The van der Waals surface area contributed by atoms with Crippen LogP contribution in [0.1, 0.15) is 31.4 Å². The molecule has 27 heavy (non-hydrogen) atoms. The number of ether oxygens (including phenoxy) is 3. The van der Waals surface area contributed by atoms with Gasteiger partial charge in [0, 0.05) is 13.0 Å². The van der Waals surface area contributed by atoms with Crippen LogP contribution in [0.3, 0.4) is 0 Å². The number of nitrogens with one attached hydrogen (secondary N) is 1. The maximum absolute atomic E-state index is 12.0. The van der Waals surface area contributed by atoms with Crippen LogP contribution in [-0.4, -0.2) is 32.3 Å². The summed E-state index contributed by atoms with van der Waals surface area (Å²) in [5.74, 6) is 1.49. The van der Waals surface area contributed by atoms with Crippen LogP contribution in [0.2, 0.25) is 0 Å². The molecule has 2 aromatic rings. The Balaban J connectivity index is 1.68. The summed E-state index contributed by atoms with van der Waals surface area (Å²) < 4.78 is 16.7. The molecule has 0 bridgehead atoms. The van der Waals surface area contributed by atoms with Crippen LogP contribution in [0.4, 0.5) is 0 Å². The number of rotatable bonds is 12. The predicted molar refractivity (Wildman–Crippen MR) is 106 cm³/mol. The summed E-state index contributed by atoms with van der Waals surface area (Å²) in [6, 6.07) is 15.8. The lowest BCUT2D eigenvalue weighted by Crippen LogP contribution is -2.27. The Labute approximate surface area is 161 Å². The average Bonchev–Trinajstić information content (AvgIpc) is 2.69. The van der Waals surface area contributed by atoms with E-state index in [4.69, 9.17) is 14.2 Å². The van der Waals surface area contributed by atoms with Crippen LogP contribution >= 0.6 is 0 Å². The Bertz CT molecular complexity index is 688. The number of hydrogen-bond acceptors (Lipinski definition) is 4. The molecule has 0 saturated carbocycles. The molecule has 0 aliphatic carbocycles. The lowest BCUT2D eigenvalue weighted by molar-refractivity contribution is -0.121. The fourth-order valence-corrected chi connectivity index (χ4v) is 2.62. The Morgan fingerprint density at radius 2 is 1.67 bits per heavy atom. The number of benzene rings is 2. The van der Waals surface area contributed by atoms with E-state index >= 15 is 0 Å². The molecule has 0 spiro atoms. The summed E-state index contributed by atoms with van der Waals surface area (Å²) in [4.78, 5) is 12.0. The van der Waals surface area contributed by atoms with Crippen LogP contribution in [-0.2, 0) is 22.6 Å². The SMILES string of the molecule is CCOc1ccc(CCC(=O)NCCOCc2ccccc2)cc1OCC. The molecule has 0 heterocycles.